The molecule has 0 fully saturated rings. The predicted molar refractivity (Wildman–Crippen MR) is 105 cm³/mol. The van der Waals surface area contributed by atoms with Crippen LogP contribution in [0.4, 0.5) is 17.3 Å². The number of hydrogen-bond acceptors (Lipinski definition) is 5. The van der Waals surface area contributed by atoms with Crippen molar-refractivity contribution in [1.29, 1.82) is 0 Å². The zero-order valence-corrected chi connectivity index (χ0v) is 15.1. The van der Waals surface area contributed by atoms with E-state index in [0.29, 0.717) is 5.95 Å². The molecule has 27 heavy (non-hydrogen) atoms. The second-order valence-electron chi connectivity index (χ2n) is 6.93. The Balaban J connectivity index is 1.64. The number of amides is 1. The summed E-state index contributed by atoms with van der Waals surface area (Å²) in [6, 6.07) is 13.3. The monoisotopic (exact) mass is 359 g/mol. The van der Waals surface area contributed by atoms with E-state index in [-0.39, 0.29) is 5.91 Å². The third kappa shape index (κ3) is 3.51. The fraction of sp³-hybridized carbons (Fsp3) is 0.238. The summed E-state index contributed by atoms with van der Waals surface area (Å²) in [5.41, 5.74) is 2.78. The summed E-state index contributed by atoms with van der Waals surface area (Å²) in [7, 11) is 0. The molecule has 6 heteroatoms. The van der Waals surface area contributed by atoms with Crippen LogP contribution < -0.4 is 10.6 Å². The molecule has 0 saturated heterocycles. The van der Waals surface area contributed by atoms with Gasteiger partial charge in [-0.3, -0.25) is 9.78 Å². The minimum Gasteiger partial charge on any atom is -0.325 e. The molecule has 2 N–H and O–H groups in total. The molecule has 1 aliphatic carbocycles. The van der Waals surface area contributed by atoms with Crippen molar-refractivity contribution in [2.24, 2.45) is 0 Å². The van der Waals surface area contributed by atoms with Gasteiger partial charge in [-0.05, 0) is 56.0 Å². The number of nitrogens with zero attached hydrogens (tertiary/aromatic N) is 3. The van der Waals surface area contributed by atoms with Crippen LogP contribution >= 0.6 is 0 Å². The van der Waals surface area contributed by atoms with Crippen molar-refractivity contribution >= 4 is 23.2 Å². The van der Waals surface area contributed by atoms with Crippen LogP contribution in [0.2, 0.25) is 0 Å². The van der Waals surface area contributed by atoms with Crippen LogP contribution in [0.5, 0.6) is 0 Å². The summed E-state index contributed by atoms with van der Waals surface area (Å²) >= 11 is 0. The van der Waals surface area contributed by atoms with E-state index in [1.165, 1.54) is 0 Å². The van der Waals surface area contributed by atoms with Crippen LogP contribution in [-0.4, -0.2) is 20.9 Å². The van der Waals surface area contributed by atoms with Gasteiger partial charge in [0.15, 0.2) is 0 Å². The van der Waals surface area contributed by atoms with Crippen molar-refractivity contribution in [2.75, 3.05) is 10.6 Å². The number of para-hydroxylation sites is 1. The number of fused-ring (bicyclic) bond motifs is 1. The molecule has 136 valence electrons. The zero-order chi connectivity index (χ0) is 18.7. The van der Waals surface area contributed by atoms with Crippen LogP contribution in [-0.2, 0) is 16.6 Å². The molecule has 0 aliphatic heterocycles. The van der Waals surface area contributed by atoms with Crippen LogP contribution in [0.15, 0.2) is 61.1 Å². The highest BCUT2D eigenvalue weighted by Gasteiger charge is 2.41. The molecule has 1 aliphatic rings. The van der Waals surface area contributed by atoms with E-state index in [0.717, 1.165) is 41.9 Å². The minimum atomic E-state index is -0.701. The molecule has 2 aromatic heterocycles. The van der Waals surface area contributed by atoms with Crippen LogP contribution in [0.3, 0.4) is 0 Å². The normalized spacial score (nSPS) is 18.4. The van der Waals surface area contributed by atoms with Crippen molar-refractivity contribution in [3.05, 3.63) is 72.3 Å². The first kappa shape index (κ1) is 17.1. The van der Waals surface area contributed by atoms with Gasteiger partial charge in [-0.25, -0.2) is 9.97 Å². The number of carbonyl (C=O) groups excluding carboxylic acids is 1. The Labute approximate surface area is 158 Å². The third-order valence-corrected chi connectivity index (χ3v) is 4.98. The molecule has 1 atom stereocenters. The Hall–Kier alpha value is -3.28. The quantitative estimate of drug-likeness (QED) is 0.740. The van der Waals surface area contributed by atoms with Crippen molar-refractivity contribution in [3.8, 4) is 0 Å². The number of pyridine rings is 1. The van der Waals surface area contributed by atoms with E-state index in [4.69, 9.17) is 4.98 Å². The summed E-state index contributed by atoms with van der Waals surface area (Å²) < 4.78 is 0. The Morgan fingerprint density at radius 3 is 2.63 bits per heavy atom. The average molecular weight is 359 g/mol. The topological polar surface area (TPSA) is 79.8 Å². The van der Waals surface area contributed by atoms with Gasteiger partial charge in [0.2, 0.25) is 11.9 Å². The number of hydrogen-bond donors (Lipinski definition) is 2. The molecule has 1 amide bonds. The van der Waals surface area contributed by atoms with Crippen molar-refractivity contribution < 1.29 is 4.79 Å². The Kier molecular flexibility index (Phi) is 4.54. The highest BCUT2D eigenvalue weighted by Crippen LogP contribution is 2.37. The molecule has 3 aromatic rings. The lowest BCUT2D eigenvalue weighted by Gasteiger charge is -2.33. The van der Waals surface area contributed by atoms with Gasteiger partial charge in [-0.15, -0.1) is 0 Å². The summed E-state index contributed by atoms with van der Waals surface area (Å²) in [4.78, 5) is 26.3. The average Bonchev–Trinajstić information content (AvgIpc) is 2.70. The number of anilines is 3. The second-order valence-corrected chi connectivity index (χ2v) is 6.93. The summed E-state index contributed by atoms with van der Waals surface area (Å²) in [5.74, 6) is 0.448. The Morgan fingerprint density at radius 2 is 1.85 bits per heavy atom. The Bertz CT molecular complexity index is 945. The van der Waals surface area contributed by atoms with E-state index in [9.17, 15) is 4.79 Å². The maximum absolute atomic E-state index is 13.1. The minimum absolute atomic E-state index is 0.0565. The van der Waals surface area contributed by atoms with Crippen molar-refractivity contribution in [2.45, 2.75) is 31.6 Å². The van der Waals surface area contributed by atoms with Gasteiger partial charge in [0.1, 0.15) is 0 Å². The number of rotatable bonds is 4. The SMILES string of the molecule is CC1(C(=O)Nc2ccncc2)CCCc2cnc(Nc3ccccc3)nc21. The molecule has 0 spiro atoms. The lowest BCUT2D eigenvalue weighted by molar-refractivity contribution is -0.121. The maximum atomic E-state index is 13.1. The molecule has 6 nitrogen and oxygen atoms in total. The van der Waals surface area contributed by atoms with E-state index >= 15 is 0 Å². The predicted octanol–water partition coefficient (Wildman–Crippen LogP) is 3.85. The number of nitrogens with one attached hydrogen (secondary N) is 2. The molecular formula is C21H21N5O. The smallest absolute Gasteiger partial charge is 0.236 e. The maximum Gasteiger partial charge on any atom is 0.236 e. The second kappa shape index (κ2) is 7.15. The van der Waals surface area contributed by atoms with E-state index in [1.54, 1.807) is 24.5 Å². The fourth-order valence-electron chi connectivity index (χ4n) is 3.45. The molecule has 0 saturated carbocycles. The highest BCUT2D eigenvalue weighted by atomic mass is 16.2. The largest absolute Gasteiger partial charge is 0.325 e. The standard InChI is InChI=1S/C21H21N5O/c1-21(19(27)24-17-9-12-22-13-10-17)11-5-6-15-14-23-20(26-18(15)21)25-16-7-3-2-4-8-16/h2-4,7-10,12-14H,5-6,11H2,1H3,(H,22,24,27)(H,23,25,26). The van der Waals surface area contributed by atoms with E-state index in [2.05, 4.69) is 20.6 Å². The number of carbonyl (C=O) groups is 1. The van der Waals surface area contributed by atoms with Gasteiger partial charge < -0.3 is 10.6 Å². The first-order valence-electron chi connectivity index (χ1n) is 9.05. The number of aryl methyl sites for hydroxylation is 1. The molecule has 0 bridgehead atoms. The van der Waals surface area contributed by atoms with Gasteiger partial charge in [0.05, 0.1) is 11.1 Å². The highest BCUT2D eigenvalue weighted by molar-refractivity contribution is 5.99. The lowest BCUT2D eigenvalue weighted by atomic mass is 9.74. The Morgan fingerprint density at radius 1 is 1.07 bits per heavy atom. The van der Waals surface area contributed by atoms with E-state index < -0.39 is 5.41 Å². The van der Waals surface area contributed by atoms with Gasteiger partial charge in [-0.2, -0.15) is 0 Å². The molecule has 1 unspecified atom stereocenters. The van der Waals surface area contributed by atoms with Crippen LogP contribution in [0.25, 0.3) is 0 Å². The molecule has 2 heterocycles. The van der Waals surface area contributed by atoms with E-state index in [1.807, 2.05) is 43.5 Å². The van der Waals surface area contributed by atoms with Gasteiger partial charge in [-0.1, -0.05) is 18.2 Å². The molecule has 4 rings (SSSR count). The van der Waals surface area contributed by atoms with Crippen molar-refractivity contribution in [3.63, 3.8) is 0 Å². The summed E-state index contributed by atoms with van der Waals surface area (Å²) in [5, 5.41) is 6.22. The zero-order valence-electron chi connectivity index (χ0n) is 15.1. The molecular weight excluding hydrogens is 338 g/mol. The van der Waals surface area contributed by atoms with Crippen LogP contribution in [0, 0.1) is 0 Å². The van der Waals surface area contributed by atoms with Crippen molar-refractivity contribution in [1.82, 2.24) is 15.0 Å². The first-order valence-corrected chi connectivity index (χ1v) is 9.05. The van der Waals surface area contributed by atoms with Gasteiger partial charge in [0, 0.05) is 30.0 Å². The fourth-order valence-corrected chi connectivity index (χ4v) is 3.45. The first-order chi connectivity index (χ1) is 13.1. The molecule has 1 aromatic carbocycles. The number of benzene rings is 1. The van der Waals surface area contributed by atoms with Gasteiger partial charge in [0.25, 0.3) is 0 Å². The summed E-state index contributed by atoms with van der Waals surface area (Å²) in [6.45, 7) is 1.96. The summed E-state index contributed by atoms with van der Waals surface area (Å²) in [6.07, 6.45) is 7.73. The van der Waals surface area contributed by atoms with Gasteiger partial charge >= 0.3 is 0 Å². The third-order valence-electron chi connectivity index (χ3n) is 4.98. The van der Waals surface area contributed by atoms with Crippen LogP contribution in [0.1, 0.15) is 31.0 Å². The molecule has 0 radical (unpaired) electrons. The number of aromatic nitrogens is 3. The lowest BCUT2D eigenvalue weighted by Crippen LogP contribution is -2.41.